The van der Waals surface area contributed by atoms with Crippen molar-refractivity contribution in [3.63, 3.8) is 0 Å². The standard InChI is InChI=1S/C11H18O2/c1-4-8(3)10-7-6-9(5-2)11(12)13-10/h5,8,10H,4,6-7H2,1-3H3/b9-5-. The molecule has 1 fully saturated rings. The quantitative estimate of drug-likeness (QED) is 0.485. The Hall–Kier alpha value is -0.790. The first-order valence-corrected chi connectivity index (χ1v) is 5.05. The van der Waals surface area contributed by atoms with E-state index in [2.05, 4.69) is 13.8 Å². The lowest BCUT2D eigenvalue weighted by molar-refractivity contribution is -0.150. The highest BCUT2D eigenvalue weighted by Gasteiger charge is 2.27. The summed E-state index contributed by atoms with van der Waals surface area (Å²) in [5.74, 6) is 0.376. The van der Waals surface area contributed by atoms with Crippen LogP contribution in [-0.2, 0) is 9.53 Å². The van der Waals surface area contributed by atoms with Crippen molar-refractivity contribution >= 4 is 5.97 Å². The fourth-order valence-electron chi connectivity index (χ4n) is 1.60. The van der Waals surface area contributed by atoms with Crippen LogP contribution in [0.2, 0.25) is 0 Å². The summed E-state index contributed by atoms with van der Waals surface area (Å²) >= 11 is 0. The van der Waals surface area contributed by atoms with Crippen molar-refractivity contribution < 1.29 is 9.53 Å². The Labute approximate surface area is 80.0 Å². The van der Waals surface area contributed by atoms with Crippen molar-refractivity contribution in [2.45, 2.75) is 46.1 Å². The van der Waals surface area contributed by atoms with Crippen molar-refractivity contribution in [3.05, 3.63) is 11.6 Å². The summed E-state index contributed by atoms with van der Waals surface area (Å²) < 4.78 is 5.34. The summed E-state index contributed by atoms with van der Waals surface area (Å²) in [6.45, 7) is 6.16. The van der Waals surface area contributed by atoms with Gasteiger partial charge in [-0.25, -0.2) is 4.79 Å². The number of hydrogen-bond acceptors (Lipinski definition) is 2. The molecule has 0 aromatic rings. The zero-order chi connectivity index (χ0) is 9.84. The fraction of sp³-hybridized carbons (Fsp3) is 0.727. The van der Waals surface area contributed by atoms with Crippen LogP contribution in [0.1, 0.15) is 40.0 Å². The molecule has 1 heterocycles. The lowest BCUT2D eigenvalue weighted by Crippen LogP contribution is -2.30. The predicted molar refractivity (Wildman–Crippen MR) is 52.3 cm³/mol. The van der Waals surface area contributed by atoms with Gasteiger partial charge in [-0.1, -0.05) is 26.3 Å². The Morgan fingerprint density at radius 1 is 1.69 bits per heavy atom. The Kier molecular flexibility index (Phi) is 3.52. The highest BCUT2D eigenvalue weighted by Crippen LogP contribution is 2.25. The Morgan fingerprint density at radius 3 is 2.85 bits per heavy atom. The van der Waals surface area contributed by atoms with Gasteiger partial charge >= 0.3 is 5.97 Å². The second-order valence-electron chi connectivity index (χ2n) is 3.68. The van der Waals surface area contributed by atoms with E-state index in [1.165, 1.54) is 0 Å². The molecule has 2 nitrogen and oxygen atoms in total. The molecule has 2 unspecified atom stereocenters. The summed E-state index contributed by atoms with van der Waals surface area (Å²) in [5.41, 5.74) is 0.833. The highest BCUT2D eigenvalue weighted by atomic mass is 16.5. The number of carbonyl (C=O) groups is 1. The molecule has 0 aromatic carbocycles. The molecule has 74 valence electrons. The first-order chi connectivity index (χ1) is 6.19. The number of ether oxygens (including phenoxy) is 1. The maximum atomic E-state index is 11.4. The van der Waals surface area contributed by atoms with Crippen LogP contribution in [0.3, 0.4) is 0 Å². The number of carbonyl (C=O) groups excluding carboxylic acids is 1. The maximum absolute atomic E-state index is 11.4. The Balaban J connectivity index is 2.55. The fourth-order valence-corrected chi connectivity index (χ4v) is 1.60. The molecule has 0 aliphatic carbocycles. The van der Waals surface area contributed by atoms with Crippen LogP contribution in [0, 0.1) is 5.92 Å². The third kappa shape index (κ3) is 2.33. The molecule has 0 radical (unpaired) electrons. The molecule has 1 aliphatic rings. The zero-order valence-corrected chi connectivity index (χ0v) is 8.67. The van der Waals surface area contributed by atoms with Crippen molar-refractivity contribution in [1.29, 1.82) is 0 Å². The topological polar surface area (TPSA) is 26.3 Å². The van der Waals surface area contributed by atoms with Crippen LogP contribution >= 0.6 is 0 Å². The van der Waals surface area contributed by atoms with Crippen LogP contribution in [0.4, 0.5) is 0 Å². The van der Waals surface area contributed by atoms with E-state index in [4.69, 9.17) is 4.74 Å². The normalized spacial score (nSPS) is 28.7. The number of allylic oxidation sites excluding steroid dienone is 1. The molecule has 0 spiro atoms. The van der Waals surface area contributed by atoms with Gasteiger partial charge in [0.2, 0.25) is 0 Å². The lowest BCUT2D eigenvalue weighted by atomic mass is 9.93. The number of cyclic esters (lactones) is 1. The molecular formula is C11H18O2. The molecule has 1 saturated heterocycles. The Bertz CT molecular complexity index is 218. The van der Waals surface area contributed by atoms with Crippen LogP contribution in [0.25, 0.3) is 0 Å². The molecule has 13 heavy (non-hydrogen) atoms. The van der Waals surface area contributed by atoms with Gasteiger partial charge in [0.25, 0.3) is 0 Å². The summed E-state index contributed by atoms with van der Waals surface area (Å²) in [6.07, 6.45) is 4.93. The molecule has 0 aromatic heterocycles. The molecule has 2 heteroatoms. The van der Waals surface area contributed by atoms with Gasteiger partial charge < -0.3 is 4.74 Å². The van der Waals surface area contributed by atoms with Gasteiger partial charge in [-0.2, -0.15) is 0 Å². The average Bonchev–Trinajstić information content (AvgIpc) is 2.16. The molecular weight excluding hydrogens is 164 g/mol. The van der Waals surface area contributed by atoms with Gasteiger partial charge in [0.15, 0.2) is 0 Å². The maximum Gasteiger partial charge on any atom is 0.333 e. The molecule has 0 N–H and O–H groups in total. The van der Waals surface area contributed by atoms with Gasteiger partial charge in [-0.15, -0.1) is 0 Å². The van der Waals surface area contributed by atoms with E-state index in [0.717, 1.165) is 24.8 Å². The summed E-state index contributed by atoms with van der Waals surface area (Å²) in [5, 5.41) is 0. The molecule has 2 atom stereocenters. The molecule has 0 amide bonds. The van der Waals surface area contributed by atoms with Gasteiger partial charge in [0.1, 0.15) is 6.10 Å². The van der Waals surface area contributed by atoms with Crippen molar-refractivity contribution in [3.8, 4) is 0 Å². The van der Waals surface area contributed by atoms with Crippen molar-refractivity contribution in [2.75, 3.05) is 0 Å². The SMILES string of the molecule is C/C=C1/CCC(C(C)CC)OC1=O. The molecule has 1 aliphatic heterocycles. The van der Waals surface area contributed by atoms with E-state index in [0.29, 0.717) is 5.92 Å². The van der Waals surface area contributed by atoms with E-state index < -0.39 is 0 Å². The number of hydrogen-bond donors (Lipinski definition) is 0. The van der Waals surface area contributed by atoms with Crippen LogP contribution in [0.5, 0.6) is 0 Å². The average molecular weight is 182 g/mol. The minimum atomic E-state index is -0.112. The van der Waals surface area contributed by atoms with Gasteiger partial charge in [0, 0.05) is 5.57 Å². The largest absolute Gasteiger partial charge is 0.459 e. The smallest absolute Gasteiger partial charge is 0.333 e. The van der Waals surface area contributed by atoms with E-state index >= 15 is 0 Å². The van der Waals surface area contributed by atoms with Crippen molar-refractivity contribution in [2.24, 2.45) is 5.92 Å². The molecule has 0 bridgehead atoms. The highest BCUT2D eigenvalue weighted by molar-refractivity contribution is 5.89. The van der Waals surface area contributed by atoms with Gasteiger partial charge in [-0.3, -0.25) is 0 Å². The summed E-state index contributed by atoms with van der Waals surface area (Å²) in [4.78, 5) is 11.4. The molecule has 0 saturated carbocycles. The van der Waals surface area contributed by atoms with Gasteiger partial charge in [0.05, 0.1) is 0 Å². The van der Waals surface area contributed by atoms with Crippen LogP contribution in [0.15, 0.2) is 11.6 Å². The third-order valence-electron chi connectivity index (χ3n) is 2.85. The van der Waals surface area contributed by atoms with Crippen molar-refractivity contribution in [1.82, 2.24) is 0 Å². The van der Waals surface area contributed by atoms with Gasteiger partial charge in [-0.05, 0) is 25.7 Å². The lowest BCUT2D eigenvalue weighted by Gasteiger charge is -2.28. The first kappa shape index (κ1) is 10.3. The van der Waals surface area contributed by atoms with Crippen LogP contribution in [-0.4, -0.2) is 12.1 Å². The van der Waals surface area contributed by atoms with E-state index in [-0.39, 0.29) is 12.1 Å². The minimum absolute atomic E-state index is 0.112. The zero-order valence-electron chi connectivity index (χ0n) is 8.67. The van der Waals surface area contributed by atoms with E-state index in [9.17, 15) is 4.79 Å². The number of esters is 1. The monoisotopic (exact) mass is 182 g/mol. The second kappa shape index (κ2) is 4.45. The predicted octanol–water partition coefficient (Wildman–Crippen LogP) is 2.68. The van der Waals surface area contributed by atoms with E-state index in [1.54, 1.807) is 0 Å². The summed E-state index contributed by atoms with van der Waals surface area (Å²) in [7, 11) is 0. The second-order valence-corrected chi connectivity index (χ2v) is 3.68. The summed E-state index contributed by atoms with van der Waals surface area (Å²) in [6, 6.07) is 0. The third-order valence-corrected chi connectivity index (χ3v) is 2.85. The Morgan fingerprint density at radius 2 is 2.38 bits per heavy atom. The molecule has 1 rings (SSSR count). The minimum Gasteiger partial charge on any atom is -0.459 e. The van der Waals surface area contributed by atoms with E-state index in [1.807, 2.05) is 13.0 Å². The van der Waals surface area contributed by atoms with Crippen LogP contribution < -0.4 is 0 Å². The number of rotatable bonds is 2. The first-order valence-electron chi connectivity index (χ1n) is 5.05.